The maximum atomic E-state index is 13.7. The molecule has 7 heteroatoms. The van der Waals surface area contributed by atoms with Gasteiger partial charge in [-0.15, -0.1) is 11.8 Å². The summed E-state index contributed by atoms with van der Waals surface area (Å²) in [4.78, 5) is 24.9. The van der Waals surface area contributed by atoms with E-state index in [1.807, 2.05) is 4.68 Å². The van der Waals surface area contributed by atoms with Crippen LogP contribution in [0.3, 0.4) is 0 Å². The molecule has 33 heavy (non-hydrogen) atoms. The van der Waals surface area contributed by atoms with Crippen LogP contribution in [0.15, 0.2) is 35.5 Å². The number of carbonyl (C=O) groups is 2. The Balaban J connectivity index is 1.30. The molecule has 6 nitrogen and oxygen atoms in total. The van der Waals surface area contributed by atoms with Crippen LogP contribution < -0.4 is 5.32 Å². The molecule has 1 aromatic heterocycles. The van der Waals surface area contributed by atoms with Crippen LogP contribution in [-0.2, 0) is 0 Å². The van der Waals surface area contributed by atoms with Crippen LogP contribution in [0.25, 0.3) is 5.69 Å². The number of carboxylic acids is 1. The van der Waals surface area contributed by atoms with Gasteiger partial charge in [-0.2, -0.15) is 5.10 Å². The Labute approximate surface area is 198 Å². The van der Waals surface area contributed by atoms with Crippen molar-refractivity contribution in [1.82, 2.24) is 15.1 Å². The van der Waals surface area contributed by atoms with E-state index in [2.05, 4.69) is 10.4 Å². The first-order valence-electron chi connectivity index (χ1n) is 12.4. The number of amides is 1. The molecule has 0 atom stereocenters. The molecule has 0 radical (unpaired) electrons. The lowest BCUT2D eigenvalue weighted by atomic mass is 9.53. The van der Waals surface area contributed by atoms with Crippen molar-refractivity contribution in [2.45, 2.75) is 80.0 Å². The van der Waals surface area contributed by atoms with Crippen molar-refractivity contribution in [2.75, 3.05) is 0 Å². The van der Waals surface area contributed by atoms with E-state index in [-0.39, 0.29) is 17.0 Å². The van der Waals surface area contributed by atoms with Crippen LogP contribution in [0.1, 0.15) is 84.9 Å². The molecule has 5 fully saturated rings. The summed E-state index contributed by atoms with van der Waals surface area (Å²) in [5.74, 6) is 1.39. The first-order chi connectivity index (χ1) is 16.0. The van der Waals surface area contributed by atoms with Gasteiger partial charge in [-0.05, 0) is 93.4 Å². The third kappa shape index (κ3) is 3.98. The molecule has 2 aromatic rings. The molecule has 7 rings (SSSR count). The van der Waals surface area contributed by atoms with Gasteiger partial charge in [-0.3, -0.25) is 4.79 Å². The number of rotatable bonds is 6. The number of hydrogen-bond donors (Lipinski definition) is 2. The Morgan fingerprint density at radius 2 is 1.61 bits per heavy atom. The van der Waals surface area contributed by atoms with E-state index < -0.39 is 5.97 Å². The monoisotopic (exact) mass is 465 g/mol. The molecule has 174 valence electrons. The maximum absolute atomic E-state index is 13.7. The third-order valence-corrected chi connectivity index (χ3v) is 9.75. The zero-order valence-electron chi connectivity index (χ0n) is 18.8. The average molecular weight is 466 g/mol. The van der Waals surface area contributed by atoms with E-state index in [1.165, 1.54) is 32.1 Å². The molecule has 4 bridgehead atoms. The Hall–Kier alpha value is -2.28. The van der Waals surface area contributed by atoms with Crippen molar-refractivity contribution in [2.24, 2.45) is 17.8 Å². The fourth-order valence-corrected chi connectivity index (χ4v) is 8.68. The summed E-state index contributed by atoms with van der Waals surface area (Å²) >= 11 is 1.76. The minimum Gasteiger partial charge on any atom is -0.478 e. The zero-order chi connectivity index (χ0) is 22.6. The van der Waals surface area contributed by atoms with Gasteiger partial charge in [0.1, 0.15) is 5.03 Å². The van der Waals surface area contributed by atoms with Crippen molar-refractivity contribution in [3.8, 4) is 5.69 Å². The van der Waals surface area contributed by atoms with Gasteiger partial charge in [0, 0.05) is 10.8 Å². The normalized spacial score (nSPS) is 30.6. The highest BCUT2D eigenvalue weighted by molar-refractivity contribution is 8.00. The van der Waals surface area contributed by atoms with Gasteiger partial charge in [-0.1, -0.05) is 12.8 Å². The maximum Gasteiger partial charge on any atom is 0.335 e. The summed E-state index contributed by atoms with van der Waals surface area (Å²) in [7, 11) is 0. The molecule has 5 aliphatic rings. The Morgan fingerprint density at radius 1 is 1.00 bits per heavy atom. The Morgan fingerprint density at radius 3 is 2.18 bits per heavy atom. The highest BCUT2D eigenvalue weighted by Gasteiger charge is 2.51. The highest BCUT2D eigenvalue weighted by atomic mass is 32.2. The lowest BCUT2D eigenvalue weighted by molar-refractivity contribution is -0.0167. The second kappa shape index (κ2) is 8.19. The zero-order valence-corrected chi connectivity index (χ0v) is 19.7. The van der Waals surface area contributed by atoms with Crippen LogP contribution in [0, 0.1) is 17.8 Å². The van der Waals surface area contributed by atoms with E-state index >= 15 is 0 Å². The number of thioether (sulfide) groups is 1. The number of carbonyl (C=O) groups excluding carboxylic acids is 1. The van der Waals surface area contributed by atoms with Crippen LogP contribution in [0.4, 0.5) is 0 Å². The van der Waals surface area contributed by atoms with E-state index in [9.17, 15) is 14.7 Å². The Kier molecular flexibility index (Phi) is 5.28. The predicted octanol–water partition coefficient (Wildman–Crippen LogP) is 5.30. The SMILES string of the molecule is O=C(O)c1ccc(-n2ncc(C(=O)NC34CC5CC(CC(C5)C3)C4)c2SC2CCCC2)cc1. The quantitative estimate of drug-likeness (QED) is 0.604. The molecule has 1 amide bonds. The topological polar surface area (TPSA) is 84.2 Å². The number of benzene rings is 1. The fourth-order valence-electron chi connectivity index (χ4n) is 7.27. The third-order valence-electron chi connectivity index (χ3n) is 8.33. The predicted molar refractivity (Wildman–Crippen MR) is 127 cm³/mol. The largest absolute Gasteiger partial charge is 0.478 e. The number of aromatic carboxylic acids is 1. The summed E-state index contributed by atoms with van der Waals surface area (Å²) in [6, 6.07) is 6.74. The molecule has 1 aromatic carbocycles. The highest BCUT2D eigenvalue weighted by Crippen LogP contribution is 2.55. The number of carboxylic acid groups (broad SMARTS) is 1. The first-order valence-corrected chi connectivity index (χ1v) is 13.3. The van der Waals surface area contributed by atoms with Gasteiger partial charge in [0.05, 0.1) is 23.0 Å². The van der Waals surface area contributed by atoms with Gasteiger partial charge in [0.2, 0.25) is 0 Å². The van der Waals surface area contributed by atoms with Gasteiger partial charge in [0.25, 0.3) is 5.91 Å². The molecule has 5 aliphatic carbocycles. The van der Waals surface area contributed by atoms with Crippen molar-refractivity contribution in [3.05, 3.63) is 41.6 Å². The number of hydrogen-bond acceptors (Lipinski definition) is 4. The standard InChI is InChI=1S/C26H31N3O3S/c30-23(28-26-12-16-9-17(13-26)11-18(10-16)14-26)22-15-27-29(24(22)33-21-3-1-2-4-21)20-7-5-19(6-8-20)25(31)32/h5-8,15-18,21H,1-4,9-14H2,(H,28,30)(H,31,32). The van der Waals surface area contributed by atoms with Crippen LogP contribution >= 0.6 is 11.8 Å². The van der Waals surface area contributed by atoms with E-state index in [4.69, 9.17) is 0 Å². The summed E-state index contributed by atoms with van der Waals surface area (Å²) in [6.45, 7) is 0. The molecule has 5 saturated carbocycles. The van der Waals surface area contributed by atoms with Gasteiger partial charge < -0.3 is 10.4 Å². The minimum atomic E-state index is -0.946. The second-order valence-electron chi connectivity index (χ2n) is 10.8. The lowest BCUT2D eigenvalue weighted by Crippen LogP contribution is -2.59. The van der Waals surface area contributed by atoms with Crippen LogP contribution in [0.5, 0.6) is 0 Å². The smallest absolute Gasteiger partial charge is 0.335 e. The molecular formula is C26H31N3O3S. The minimum absolute atomic E-state index is 0.00542. The van der Waals surface area contributed by atoms with Crippen molar-refractivity contribution >= 4 is 23.6 Å². The number of aromatic nitrogens is 2. The fraction of sp³-hybridized carbons (Fsp3) is 0.577. The van der Waals surface area contributed by atoms with Gasteiger partial charge in [-0.25, -0.2) is 9.48 Å². The molecule has 0 spiro atoms. The van der Waals surface area contributed by atoms with Crippen molar-refractivity contribution in [1.29, 1.82) is 0 Å². The van der Waals surface area contributed by atoms with Crippen LogP contribution in [-0.4, -0.2) is 37.6 Å². The molecule has 0 saturated heterocycles. The summed E-state index contributed by atoms with van der Waals surface area (Å²) in [5.41, 5.74) is 1.65. The lowest BCUT2D eigenvalue weighted by Gasteiger charge is -2.56. The van der Waals surface area contributed by atoms with E-state index in [0.29, 0.717) is 10.8 Å². The summed E-state index contributed by atoms with van der Waals surface area (Å²) in [5, 5.41) is 18.7. The van der Waals surface area contributed by atoms with Gasteiger partial charge >= 0.3 is 5.97 Å². The first kappa shape index (κ1) is 21.3. The van der Waals surface area contributed by atoms with Crippen LogP contribution in [0.2, 0.25) is 0 Å². The average Bonchev–Trinajstić information content (AvgIpc) is 3.43. The summed E-state index contributed by atoms with van der Waals surface area (Å²) < 4.78 is 1.82. The number of nitrogens with zero attached hydrogens (tertiary/aromatic N) is 2. The van der Waals surface area contributed by atoms with E-state index in [1.54, 1.807) is 42.2 Å². The number of nitrogens with one attached hydrogen (secondary N) is 1. The van der Waals surface area contributed by atoms with Crippen molar-refractivity contribution < 1.29 is 14.7 Å². The van der Waals surface area contributed by atoms with Gasteiger partial charge in [0.15, 0.2) is 0 Å². The van der Waals surface area contributed by atoms with E-state index in [0.717, 1.165) is 60.6 Å². The molecule has 0 unspecified atom stereocenters. The summed E-state index contributed by atoms with van der Waals surface area (Å²) in [6.07, 6.45) is 13.9. The Bertz CT molecular complexity index is 1040. The molecule has 1 heterocycles. The van der Waals surface area contributed by atoms with Crippen molar-refractivity contribution in [3.63, 3.8) is 0 Å². The molecular weight excluding hydrogens is 434 g/mol. The second-order valence-corrected chi connectivity index (χ2v) is 12.1. The molecule has 0 aliphatic heterocycles. The molecule has 2 N–H and O–H groups in total.